The number of hydrogen-bond acceptors (Lipinski definition) is 3. The number of benzene rings is 1. The number of aromatic nitrogens is 2. The zero-order chi connectivity index (χ0) is 14.0. The van der Waals surface area contributed by atoms with Crippen LogP contribution in [0, 0.1) is 12.7 Å². The number of hydrogen-bond donors (Lipinski definition) is 1. The summed E-state index contributed by atoms with van der Waals surface area (Å²) in [7, 11) is 1.84. The van der Waals surface area contributed by atoms with Crippen LogP contribution in [0.25, 0.3) is 0 Å². The third-order valence-electron chi connectivity index (χ3n) is 3.18. The summed E-state index contributed by atoms with van der Waals surface area (Å²) in [5.41, 5.74) is 2.48. The van der Waals surface area contributed by atoms with Crippen molar-refractivity contribution in [1.29, 1.82) is 0 Å². The predicted octanol–water partition coefficient (Wildman–Crippen LogP) is 2.52. The highest BCUT2D eigenvalue weighted by Gasteiger charge is 2.19. The van der Waals surface area contributed by atoms with E-state index in [9.17, 15) is 9.50 Å². The molecule has 0 aliphatic heterocycles. The lowest BCUT2D eigenvalue weighted by atomic mass is 10.2. The van der Waals surface area contributed by atoms with E-state index in [1.54, 1.807) is 16.8 Å². The first kappa shape index (κ1) is 13.5. The van der Waals surface area contributed by atoms with Gasteiger partial charge in [0.2, 0.25) is 0 Å². The molecule has 0 saturated heterocycles. The second-order valence-electron chi connectivity index (χ2n) is 4.39. The Morgan fingerprint density at radius 2 is 1.95 bits per heavy atom. The Morgan fingerprint density at radius 1 is 1.32 bits per heavy atom. The number of rotatable bonds is 4. The third kappa shape index (κ3) is 2.46. The minimum Gasteiger partial charge on any atom is -0.391 e. The van der Waals surface area contributed by atoms with E-state index in [1.807, 2.05) is 25.8 Å². The van der Waals surface area contributed by atoms with Crippen LogP contribution in [0.2, 0.25) is 0 Å². The molecule has 0 atom stereocenters. The van der Waals surface area contributed by atoms with Crippen molar-refractivity contribution in [3.63, 3.8) is 0 Å². The van der Waals surface area contributed by atoms with Crippen LogP contribution in [-0.2, 0) is 13.7 Å². The van der Waals surface area contributed by atoms with Gasteiger partial charge in [-0.05, 0) is 38.1 Å². The van der Waals surface area contributed by atoms with E-state index >= 15 is 0 Å². The van der Waals surface area contributed by atoms with E-state index in [-0.39, 0.29) is 12.4 Å². The molecular formula is C14H18FN3O. The molecule has 0 unspecified atom stereocenters. The van der Waals surface area contributed by atoms with E-state index in [2.05, 4.69) is 5.10 Å². The van der Waals surface area contributed by atoms with Crippen molar-refractivity contribution in [3.05, 3.63) is 41.3 Å². The first-order valence-corrected chi connectivity index (χ1v) is 6.25. The second kappa shape index (κ2) is 5.40. The van der Waals surface area contributed by atoms with Gasteiger partial charge in [0.15, 0.2) is 0 Å². The molecule has 0 radical (unpaired) electrons. The fourth-order valence-electron chi connectivity index (χ4n) is 2.29. The van der Waals surface area contributed by atoms with Crippen LogP contribution in [0.1, 0.15) is 18.2 Å². The third-order valence-corrected chi connectivity index (χ3v) is 3.18. The highest BCUT2D eigenvalue weighted by Crippen LogP contribution is 2.29. The fraction of sp³-hybridized carbons (Fsp3) is 0.357. The molecule has 1 aromatic carbocycles. The van der Waals surface area contributed by atoms with Crippen LogP contribution in [0.15, 0.2) is 24.3 Å². The highest BCUT2D eigenvalue weighted by atomic mass is 19.1. The number of anilines is 2. The maximum atomic E-state index is 13.0. The van der Waals surface area contributed by atoms with Gasteiger partial charge in [-0.15, -0.1) is 0 Å². The Labute approximate surface area is 112 Å². The van der Waals surface area contributed by atoms with Gasteiger partial charge in [0, 0.05) is 24.8 Å². The summed E-state index contributed by atoms with van der Waals surface area (Å²) in [4.78, 5) is 2.00. The lowest BCUT2D eigenvalue weighted by Gasteiger charge is -2.24. The standard InChI is InChI=1S/C14H18FN3O/c1-4-18(12-7-5-11(15)6-8-12)14-13(9-19)10(2)16-17(14)3/h5-8,19H,4,9H2,1-3H3. The van der Waals surface area contributed by atoms with Crippen molar-refractivity contribution in [3.8, 4) is 0 Å². The molecule has 2 aromatic rings. The van der Waals surface area contributed by atoms with Crippen molar-refractivity contribution in [1.82, 2.24) is 9.78 Å². The summed E-state index contributed by atoms with van der Waals surface area (Å²) in [6.07, 6.45) is 0. The van der Waals surface area contributed by atoms with Crippen LogP contribution < -0.4 is 4.90 Å². The number of aryl methyl sites for hydroxylation is 2. The van der Waals surface area contributed by atoms with Crippen LogP contribution in [-0.4, -0.2) is 21.4 Å². The normalized spacial score (nSPS) is 10.8. The van der Waals surface area contributed by atoms with Crippen molar-refractivity contribution in [2.24, 2.45) is 7.05 Å². The van der Waals surface area contributed by atoms with Gasteiger partial charge in [0.05, 0.1) is 12.3 Å². The van der Waals surface area contributed by atoms with Crippen LogP contribution in [0.5, 0.6) is 0 Å². The molecule has 102 valence electrons. The van der Waals surface area contributed by atoms with E-state index in [0.717, 1.165) is 22.8 Å². The van der Waals surface area contributed by atoms with Crippen molar-refractivity contribution >= 4 is 11.5 Å². The summed E-state index contributed by atoms with van der Waals surface area (Å²) in [5, 5.41) is 13.8. The molecule has 4 nitrogen and oxygen atoms in total. The summed E-state index contributed by atoms with van der Waals surface area (Å²) >= 11 is 0. The molecule has 1 N–H and O–H groups in total. The molecule has 2 rings (SSSR count). The summed E-state index contributed by atoms with van der Waals surface area (Å²) in [5.74, 6) is 0.581. The Kier molecular flexibility index (Phi) is 3.85. The monoisotopic (exact) mass is 263 g/mol. The van der Waals surface area contributed by atoms with Crippen molar-refractivity contribution in [2.75, 3.05) is 11.4 Å². The second-order valence-corrected chi connectivity index (χ2v) is 4.39. The SMILES string of the molecule is CCN(c1ccc(F)cc1)c1c(CO)c(C)nn1C. The molecule has 0 saturated carbocycles. The Balaban J connectivity index is 2.50. The molecule has 1 heterocycles. The summed E-state index contributed by atoms with van der Waals surface area (Å²) in [6, 6.07) is 6.31. The minimum absolute atomic E-state index is 0.0628. The van der Waals surface area contributed by atoms with E-state index in [1.165, 1.54) is 12.1 Å². The molecule has 0 aliphatic rings. The van der Waals surface area contributed by atoms with Gasteiger partial charge in [-0.1, -0.05) is 0 Å². The van der Waals surface area contributed by atoms with Crippen LogP contribution >= 0.6 is 0 Å². The van der Waals surface area contributed by atoms with Crippen LogP contribution in [0.3, 0.4) is 0 Å². The highest BCUT2D eigenvalue weighted by molar-refractivity contribution is 5.64. The van der Waals surface area contributed by atoms with Crippen molar-refractivity contribution in [2.45, 2.75) is 20.5 Å². The maximum Gasteiger partial charge on any atom is 0.136 e. The van der Waals surface area contributed by atoms with Gasteiger partial charge in [0.1, 0.15) is 11.6 Å². The topological polar surface area (TPSA) is 41.3 Å². The largest absolute Gasteiger partial charge is 0.391 e. The molecular weight excluding hydrogens is 245 g/mol. The quantitative estimate of drug-likeness (QED) is 0.921. The molecule has 0 bridgehead atoms. The molecule has 0 amide bonds. The van der Waals surface area contributed by atoms with Gasteiger partial charge in [-0.2, -0.15) is 5.10 Å². The molecule has 0 fully saturated rings. The van der Waals surface area contributed by atoms with Crippen molar-refractivity contribution < 1.29 is 9.50 Å². The smallest absolute Gasteiger partial charge is 0.136 e. The van der Waals surface area contributed by atoms with E-state index in [4.69, 9.17) is 0 Å². The minimum atomic E-state index is -0.261. The first-order chi connectivity index (χ1) is 9.08. The number of aliphatic hydroxyl groups excluding tert-OH is 1. The van der Waals surface area contributed by atoms with Gasteiger partial charge in [-0.25, -0.2) is 4.39 Å². The van der Waals surface area contributed by atoms with Gasteiger partial charge in [-0.3, -0.25) is 4.68 Å². The number of halogens is 1. The Bertz CT molecular complexity index is 563. The number of aliphatic hydroxyl groups is 1. The van der Waals surface area contributed by atoms with E-state index < -0.39 is 0 Å². The molecule has 19 heavy (non-hydrogen) atoms. The first-order valence-electron chi connectivity index (χ1n) is 6.25. The predicted molar refractivity (Wildman–Crippen MR) is 72.9 cm³/mol. The zero-order valence-electron chi connectivity index (χ0n) is 11.4. The Morgan fingerprint density at radius 3 is 2.47 bits per heavy atom. The lowest BCUT2D eigenvalue weighted by Crippen LogP contribution is -2.20. The lowest BCUT2D eigenvalue weighted by molar-refractivity contribution is 0.281. The molecule has 1 aromatic heterocycles. The van der Waals surface area contributed by atoms with Gasteiger partial charge in [0.25, 0.3) is 0 Å². The van der Waals surface area contributed by atoms with Crippen LogP contribution in [0.4, 0.5) is 15.9 Å². The fourth-order valence-corrected chi connectivity index (χ4v) is 2.29. The van der Waals surface area contributed by atoms with E-state index in [0.29, 0.717) is 6.54 Å². The Hall–Kier alpha value is -1.88. The molecule has 0 spiro atoms. The maximum absolute atomic E-state index is 13.0. The molecule has 5 heteroatoms. The summed E-state index contributed by atoms with van der Waals surface area (Å²) in [6.45, 7) is 4.52. The van der Waals surface area contributed by atoms with Gasteiger partial charge < -0.3 is 10.0 Å². The van der Waals surface area contributed by atoms with Gasteiger partial charge >= 0.3 is 0 Å². The zero-order valence-corrected chi connectivity index (χ0v) is 11.4. The molecule has 0 aliphatic carbocycles. The number of nitrogens with zero attached hydrogens (tertiary/aromatic N) is 3. The average molecular weight is 263 g/mol. The summed E-state index contributed by atoms with van der Waals surface area (Å²) < 4.78 is 14.8. The average Bonchev–Trinajstić information content (AvgIpc) is 2.67.